The number of fused-ring (bicyclic) bond motifs is 1. The van der Waals surface area contributed by atoms with E-state index in [9.17, 15) is 9.59 Å². The van der Waals surface area contributed by atoms with Crippen molar-refractivity contribution in [3.05, 3.63) is 30.2 Å². The molecule has 1 unspecified atom stereocenters. The van der Waals surface area contributed by atoms with Crippen molar-refractivity contribution in [1.82, 2.24) is 19.7 Å². The van der Waals surface area contributed by atoms with E-state index < -0.39 is 5.60 Å². The van der Waals surface area contributed by atoms with E-state index in [4.69, 9.17) is 9.15 Å². The number of ether oxygens (including phenoxy) is 1. The van der Waals surface area contributed by atoms with Crippen molar-refractivity contribution in [2.24, 2.45) is 0 Å². The topological polar surface area (TPSA) is 93.7 Å². The fourth-order valence-electron chi connectivity index (χ4n) is 3.74. The molecule has 2 aromatic heterocycles. The van der Waals surface area contributed by atoms with E-state index in [1.165, 1.54) is 6.39 Å². The molecule has 9 nitrogen and oxygen atoms in total. The number of aromatic nitrogens is 3. The number of hydrogen-bond acceptors (Lipinski definition) is 6. The highest BCUT2D eigenvalue weighted by molar-refractivity contribution is 5.96. The molecule has 0 saturated carbocycles. The van der Waals surface area contributed by atoms with Crippen molar-refractivity contribution in [1.29, 1.82) is 0 Å². The molecule has 4 heterocycles. The Hall–Kier alpha value is -2.84. The molecule has 0 spiro atoms. The first-order valence-electron chi connectivity index (χ1n) is 9.46. The van der Waals surface area contributed by atoms with Gasteiger partial charge in [-0.05, 0) is 27.7 Å². The Bertz CT molecular complexity index is 883. The van der Waals surface area contributed by atoms with Gasteiger partial charge in [0, 0.05) is 18.9 Å². The summed E-state index contributed by atoms with van der Waals surface area (Å²) in [5.74, 6) is 0.690. The van der Waals surface area contributed by atoms with Crippen LogP contribution in [0.2, 0.25) is 0 Å². The number of carbonyl (C=O) groups excluding carboxylic acids is 2. The van der Waals surface area contributed by atoms with Gasteiger partial charge in [0.2, 0.25) is 5.91 Å². The van der Waals surface area contributed by atoms with Gasteiger partial charge in [0.1, 0.15) is 11.4 Å². The zero-order chi connectivity index (χ0) is 20.1. The minimum atomic E-state index is -0.563. The number of hydrogen-bond donors (Lipinski definition) is 0. The average Bonchev–Trinajstić information content (AvgIpc) is 3.31. The summed E-state index contributed by atoms with van der Waals surface area (Å²) >= 11 is 0. The van der Waals surface area contributed by atoms with Gasteiger partial charge in [-0.2, -0.15) is 5.10 Å². The molecule has 2 aliphatic rings. The molecule has 0 aliphatic carbocycles. The maximum Gasteiger partial charge on any atom is 0.410 e. The van der Waals surface area contributed by atoms with Gasteiger partial charge in [-0.1, -0.05) is 0 Å². The predicted octanol–water partition coefficient (Wildman–Crippen LogP) is 2.53. The molecule has 0 aromatic carbocycles. The largest absolute Gasteiger partial charge is 0.448 e. The van der Waals surface area contributed by atoms with Gasteiger partial charge in [0.25, 0.3) is 0 Å². The van der Waals surface area contributed by atoms with Crippen LogP contribution in [0.5, 0.6) is 0 Å². The third kappa shape index (κ3) is 3.36. The van der Waals surface area contributed by atoms with Crippen LogP contribution >= 0.6 is 0 Å². The molecule has 1 fully saturated rings. The van der Waals surface area contributed by atoms with Crippen LogP contribution in [0.25, 0.3) is 0 Å². The Labute approximate surface area is 163 Å². The van der Waals surface area contributed by atoms with Gasteiger partial charge in [-0.25, -0.2) is 9.78 Å². The Kier molecular flexibility index (Phi) is 4.40. The number of rotatable bonds is 2. The van der Waals surface area contributed by atoms with Crippen LogP contribution in [-0.2, 0) is 22.6 Å². The van der Waals surface area contributed by atoms with Crippen LogP contribution in [-0.4, -0.2) is 49.9 Å². The number of oxazole rings is 1. The Balaban J connectivity index is 1.56. The fraction of sp³-hybridized carbons (Fsp3) is 0.579. The average molecular weight is 387 g/mol. The summed E-state index contributed by atoms with van der Waals surface area (Å²) in [5, 5.41) is 4.45. The van der Waals surface area contributed by atoms with Gasteiger partial charge in [-0.3, -0.25) is 14.4 Å². The quantitative estimate of drug-likeness (QED) is 0.786. The SMILES string of the molecule is C[C@H]1Cn2ncc(N3CC(c4cnco4)CC3=O)c2CN1C(=O)OC(C)(C)C. The molecule has 28 heavy (non-hydrogen) atoms. The Morgan fingerprint density at radius 1 is 1.29 bits per heavy atom. The van der Waals surface area contributed by atoms with E-state index in [0.29, 0.717) is 31.8 Å². The Morgan fingerprint density at radius 3 is 2.75 bits per heavy atom. The summed E-state index contributed by atoms with van der Waals surface area (Å²) in [6, 6.07) is -0.0497. The highest BCUT2D eigenvalue weighted by atomic mass is 16.6. The molecule has 2 aliphatic heterocycles. The molecule has 0 bridgehead atoms. The molecule has 0 radical (unpaired) electrons. The maximum absolute atomic E-state index is 12.7. The van der Waals surface area contributed by atoms with Crippen LogP contribution in [0, 0.1) is 0 Å². The molecular formula is C19H25N5O4. The molecule has 150 valence electrons. The standard InChI is InChI=1S/C19H25N5O4/c1-12-8-24-15(10-22(12)18(26)28-19(2,3)4)14(6-21-24)23-9-13(5-17(23)25)16-7-20-11-27-16/h6-7,11-13H,5,8-10H2,1-4H3/t12-,13?/m0/s1. The first-order valence-corrected chi connectivity index (χ1v) is 9.46. The van der Waals surface area contributed by atoms with Crippen molar-refractivity contribution in [3.8, 4) is 0 Å². The second-order valence-electron chi connectivity index (χ2n) is 8.43. The minimum Gasteiger partial charge on any atom is -0.448 e. The van der Waals surface area contributed by atoms with E-state index >= 15 is 0 Å². The monoisotopic (exact) mass is 387 g/mol. The molecule has 2 amide bonds. The van der Waals surface area contributed by atoms with Crippen molar-refractivity contribution < 1.29 is 18.7 Å². The first kappa shape index (κ1) is 18.5. The summed E-state index contributed by atoms with van der Waals surface area (Å²) in [6.45, 7) is 8.93. The van der Waals surface area contributed by atoms with Crippen molar-refractivity contribution >= 4 is 17.7 Å². The number of amides is 2. The molecule has 1 saturated heterocycles. The molecule has 2 aromatic rings. The summed E-state index contributed by atoms with van der Waals surface area (Å²) in [7, 11) is 0. The van der Waals surface area contributed by atoms with Crippen LogP contribution in [0.15, 0.2) is 23.2 Å². The summed E-state index contributed by atoms with van der Waals surface area (Å²) < 4.78 is 12.8. The minimum absolute atomic E-state index is 0.0136. The zero-order valence-electron chi connectivity index (χ0n) is 16.6. The third-order valence-electron chi connectivity index (χ3n) is 5.11. The lowest BCUT2D eigenvalue weighted by molar-refractivity contribution is -0.117. The smallest absolute Gasteiger partial charge is 0.410 e. The van der Waals surface area contributed by atoms with Crippen molar-refractivity contribution in [3.63, 3.8) is 0 Å². The fourth-order valence-corrected chi connectivity index (χ4v) is 3.74. The zero-order valence-corrected chi connectivity index (χ0v) is 16.6. The third-order valence-corrected chi connectivity index (χ3v) is 5.11. The van der Waals surface area contributed by atoms with E-state index in [0.717, 1.165) is 11.4 Å². The van der Waals surface area contributed by atoms with Gasteiger partial charge in [0.15, 0.2) is 6.39 Å². The highest BCUT2D eigenvalue weighted by Crippen LogP contribution is 2.35. The van der Waals surface area contributed by atoms with Crippen LogP contribution in [0.4, 0.5) is 10.5 Å². The lowest BCUT2D eigenvalue weighted by Gasteiger charge is -2.36. The van der Waals surface area contributed by atoms with E-state index in [1.54, 1.807) is 22.2 Å². The van der Waals surface area contributed by atoms with Crippen molar-refractivity contribution in [2.45, 2.75) is 64.8 Å². The van der Waals surface area contributed by atoms with E-state index in [1.807, 2.05) is 32.4 Å². The second kappa shape index (κ2) is 6.65. The van der Waals surface area contributed by atoms with E-state index in [-0.39, 0.29) is 24.0 Å². The molecule has 4 rings (SSSR count). The van der Waals surface area contributed by atoms with Crippen molar-refractivity contribution in [2.75, 3.05) is 11.4 Å². The first-order chi connectivity index (χ1) is 13.2. The maximum atomic E-state index is 12.7. The number of anilines is 1. The van der Waals surface area contributed by atoms with Crippen LogP contribution < -0.4 is 4.90 Å². The summed E-state index contributed by atoms with van der Waals surface area (Å²) in [4.78, 5) is 32.7. The van der Waals surface area contributed by atoms with Gasteiger partial charge in [-0.15, -0.1) is 0 Å². The van der Waals surface area contributed by atoms with Crippen LogP contribution in [0.1, 0.15) is 51.5 Å². The molecule has 2 atom stereocenters. The lowest BCUT2D eigenvalue weighted by Crippen LogP contribution is -2.47. The van der Waals surface area contributed by atoms with Gasteiger partial charge >= 0.3 is 6.09 Å². The Morgan fingerprint density at radius 2 is 2.07 bits per heavy atom. The summed E-state index contributed by atoms with van der Waals surface area (Å²) in [6.07, 6.45) is 4.75. The highest BCUT2D eigenvalue weighted by Gasteiger charge is 2.38. The van der Waals surface area contributed by atoms with E-state index in [2.05, 4.69) is 10.1 Å². The summed E-state index contributed by atoms with van der Waals surface area (Å²) in [5.41, 5.74) is 1.02. The second-order valence-corrected chi connectivity index (χ2v) is 8.43. The molecular weight excluding hydrogens is 362 g/mol. The van der Waals surface area contributed by atoms with Crippen LogP contribution in [0.3, 0.4) is 0 Å². The molecule has 0 N–H and O–H groups in total. The van der Waals surface area contributed by atoms with Gasteiger partial charge in [0.05, 0.1) is 42.9 Å². The predicted molar refractivity (Wildman–Crippen MR) is 99.7 cm³/mol. The molecule has 9 heteroatoms. The lowest BCUT2D eigenvalue weighted by atomic mass is 10.1. The van der Waals surface area contributed by atoms with Gasteiger partial charge < -0.3 is 14.1 Å². The normalized spacial score (nSPS) is 22.5. The number of carbonyl (C=O) groups is 2. The number of nitrogens with zero attached hydrogens (tertiary/aromatic N) is 5.